The molecule has 3 nitrogen and oxygen atoms in total. The molecule has 0 saturated carbocycles. The normalized spacial score (nSPS) is 10.9. The minimum atomic E-state index is -3.83. The fraction of sp³-hybridized carbons (Fsp3) is 0.800. The van der Waals surface area contributed by atoms with Gasteiger partial charge in [-0.2, -0.15) is 45.3 Å². The van der Waals surface area contributed by atoms with E-state index < -0.39 is 19.4 Å². The second kappa shape index (κ2) is 35.0. The number of hydrogen-bond acceptors (Lipinski definition) is 0. The number of alkyl halides is 3. The van der Waals surface area contributed by atoms with E-state index in [0.717, 1.165) is 45.7 Å². The molecule has 0 saturated heterocycles. The first-order valence-corrected chi connectivity index (χ1v) is 14.9. The van der Waals surface area contributed by atoms with Gasteiger partial charge in [0.15, 0.2) is 0 Å². The van der Waals surface area contributed by atoms with Crippen LogP contribution in [0.5, 0.6) is 0 Å². The maximum absolute atomic E-state index is 11.3. The SMILES string of the molecule is CC[N-]CC.CC[N-]CC.CC[N-]CC.[C-]1=CC=CC1.[CH3][Ge]([CH3])[C](F)(F)F.[Zr+4]. The van der Waals surface area contributed by atoms with Crippen LogP contribution in [0.3, 0.4) is 0 Å². The number of allylic oxidation sites excluding steroid dienone is 4. The molecule has 1 aliphatic rings. The largest absolute Gasteiger partial charge is 4.00 e. The van der Waals surface area contributed by atoms with Gasteiger partial charge in [0, 0.05) is 0 Å². The zero-order chi connectivity index (χ0) is 22.0. The Morgan fingerprint density at radius 3 is 1.11 bits per heavy atom. The molecule has 8 heteroatoms. The van der Waals surface area contributed by atoms with Crippen molar-refractivity contribution < 1.29 is 39.4 Å². The molecule has 0 N–H and O–H groups in total. The number of hydrogen-bond donors (Lipinski definition) is 0. The summed E-state index contributed by atoms with van der Waals surface area (Å²) < 4.78 is 33.8. The Morgan fingerprint density at radius 2 is 1.07 bits per heavy atom. The monoisotopic (exact) mass is 544 g/mol. The summed E-state index contributed by atoms with van der Waals surface area (Å²) in [4.78, 5) is 0. The molecule has 0 fully saturated rings. The molecule has 0 atom stereocenters. The molecule has 0 heterocycles. The molecule has 0 bridgehead atoms. The van der Waals surface area contributed by atoms with Crippen molar-refractivity contribution in [2.75, 3.05) is 39.3 Å². The summed E-state index contributed by atoms with van der Waals surface area (Å²) in [5, 5.41) is 8.08. The first kappa shape index (κ1) is 39.1. The van der Waals surface area contributed by atoms with Gasteiger partial charge in [0.25, 0.3) is 0 Å². The molecule has 1 radical (unpaired) electrons. The third kappa shape index (κ3) is 56.3. The minimum Gasteiger partial charge on any atom is 4.00 e. The van der Waals surface area contributed by atoms with Crippen LogP contribution in [0.25, 0.3) is 16.0 Å². The van der Waals surface area contributed by atoms with E-state index in [0.29, 0.717) is 0 Å². The van der Waals surface area contributed by atoms with E-state index in [2.05, 4.69) is 28.1 Å². The first-order chi connectivity index (χ1) is 12.7. The second-order valence-electron chi connectivity index (χ2n) is 5.07. The van der Waals surface area contributed by atoms with Gasteiger partial charge in [0.05, 0.1) is 0 Å². The van der Waals surface area contributed by atoms with Crippen molar-refractivity contribution in [1.29, 1.82) is 0 Å². The smallest absolute Gasteiger partial charge is 4.00 e. The van der Waals surface area contributed by atoms with Crippen LogP contribution in [0.1, 0.15) is 48.0 Å². The minimum absolute atomic E-state index is 0. The zero-order valence-electron chi connectivity index (χ0n) is 19.2. The van der Waals surface area contributed by atoms with E-state index in [4.69, 9.17) is 0 Å². The fourth-order valence-electron chi connectivity index (χ4n) is 1.01. The van der Waals surface area contributed by atoms with Crippen molar-refractivity contribution in [3.8, 4) is 0 Å². The van der Waals surface area contributed by atoms with E-state index in [1.807, 2.05) is 53.7 Å². The molecule has 0 amide bonds. The second-order valence-corrected chi connectivity index (χ2v) is 10.5. The maximum atomic E-state index is 11.3. The molecular weight excluding hydrogens is 503 g/mol. The molecule has 0 aromatic heterocycles. The number of halogens is 3. The summed E-state index contributed by atoms with van der Waals surface area (Å²) in [5.74, 6) is 2.58. The summed E-state index contributed by atoms with van der Waals surface area (Å²) in [6, 6.07) is 0. The topological polar surface area (TPSA) is 42.3 Å². The summed E-state index contributed by atoms with van der Waals surface area (Å²) in [6.07, 6.45) is 10.0. The Kier molecular flexibility index (Phi) is 48.9. The molecule has 0 unspecified atom stereocenters. The van der Waals surface area contributed by atoms with Crippen LogP contribution < -0.4 is 0 Å². The predicted octanol–water partition coefficient (Wildman–Crippen LogP) is 7.35. The average molecular weight is 544 g/mol. The molecular formula is C20H41F3GeN3Zr. The van der Waals surface area contributed by atoms with E-state index in [1.54, 1.807) is 0 Å². The van der Waals surface area contributed by atoms with Gasteiger partial charge in [-0.15, -0.1) is 6.42 Å². The standard InChI is InChI=1S/C5H5.3C4H10N.C3H6F3Ge.Zr/c1-2-4-5-3-1;3*1-3-5-4-2;1-7(2)3(4,5)6;/h1-3H,4H2;3*3-4H2,1-2H3;1-2H3;/q4*-1;;+4. The zero-order valence-corrected chi connectivity index (χ0v) is 23.7. The third-order valence-electron chi connectivity index (χ3n) is 2.49. The van der Waals surface area contributed by atoms with Crippen LogP contribution >= 0.6 is 0 Å². The van der Waals surface area contributed by atoms with Crippen molar-refractivity contribution in [3.05, 3.63) is 40.3 Å². The molecule has 28 heavy (non-hydrogen) atoms. The van der Waals surface area contributed by atoms with Crippen molar-refractivity contribution in [2.45, 2.75) is 64.5 Å². The van der Waals surface area contributed by atoms with Crippen LogP contribution in [0.15, 0.2) is 18.2 Å². The Labute approximate surface area is 197 Å². The Morgan fingerprint density at radius 1 is 0.786 bits per heavy atom. The average Bonchev–Trinajstić information content (AvgIpc) is 3.18. The predicted molar refractivity (Wildman–Crippen MR) is 118 cm³/mol. The first-order valence-electron chi connectivity index (χ1n) is 9.67. The van der Waals surface area contributed by atoms with Gasteiger partial charge >= 0.3 is 70.2 Å². The number of rotatable bonds is 6. The van der Waals surface area contributed by atoms with Gasteiger partial charge in [-0.1, -0.05) is 41.5 Å². The van der Waals surface area contributed by atoms with E-state index in [9.17, 15) is 13.2 Å². The Hall–Kier alpha value is 0.576. The van der Waals surface area contributed by atoms with Crippen molar-refractivity contribution in [3.63, 3.8) is 0 Å². The van der Waals surface area contributed by atoms with Gasteiger partial charge in [0.2, 0.25) is 0 Å². The summed E-state index contributed by atoms with van der Waals surface area (Å²) >= 11 is -2.59. The molecule has 165 valence electrons. The fourth-order valence-corrected chi connectivity index (χ4v) is 1.01. The van der Waals surface area contributed by atoms with Crippen molar-refractivity contribution >= 4 is 14.3 Å². The van der Waals surface area contributed by atoms with Crippen LogP contribution in [-0.4, -0.2) is 58.6 Å². The van der Waals surface area contributed by atoms with Gasteiger partial charge < -0.3 is 16.0 Å². The van der Waals surface area contributed by atoms with Crippen LogP contribution in [-0.2, 0) is 26.2 Å². The Bertz CT molecular complexity index is 271. The summed E-state index contributed by atoms with van der Waals surface area (Å²) in [7, 11) is 0. The van der Waals surface area contributed by atoms with Crippen LogP contribution in [0.2, 0.25) is 11.5 Å². The van der Waals surface area contributed by atoms with Crippen LogP contribution in [0.4, 0.5) is 13.2 Å². The van der Waals surface area contributed by atoms with Gasteiger partial charge in [-0.05, 0) is 0 Å². The van der Waals surface area contributed by atoms with E-state index in [1.165, 1.54) is 11.5 Å². The Balaban J connectivity index is -0.0000000786. The third-order valence-corrected chi connectivity index (χ3v) is 4.87. The van der Waals surface area contributed by atoms with Gasteiger partial charge in [-0.25, -0.2) is 12.2 Å². The quantitative estimate of drug-likeness (QED) is 0.248. The molecule has 0 aliphatic heterocycles. The van der Waals surface area contributed by atoms with Crippen molar-refractivity contribution in [1.82, 2.24) is 0 Å². The molecule has 0 aromatic rings. The van der Waals surface area contributed by atoms with Crippen LogP contribution in [0, 0.1) is 6.08 Å². The molecule has 1 rings (SSSR count). The van der Waals surface area contributed by atoms with E-state index in [-0.39, 0.29) is 26.2 Å². The summed E-state index contributed by atoms with van der Waals surface area (Å²) in [6.45, 7) is 18.1. The van der Waals surface area contributed by atoms with Gasteiger partial charge in [-0.3, -0.25) is 6.08 Å². The molecule has 0 aromatic carbocycles. The number of nitrogens with zero attached hydrogens (tertiary/aromatic N) is 3. The maximum Gasteiger partial charge on any atom is 4.00 e. The molecule has 1 aliphatic carbocycles. The van der Waals surface area contributed by atoms with Gasteiger partial charge in [0.1, 0.15) is 0 Å². The molecule has 0 spiro atoms. The summed E-state index contributed by atoms with van der Waals surface area (Å²) in [5.41, 5.74) is 0. The van der Waals surface area contributed by atoms with E-state index >= 15 is 0 Å². The van der Waals surface area contributed by atoms with Crippen molar-refractivity contribution in [2.24, 2.45) is 0 Å².